The van der Waals surface area contributed by atoms with Crippen LogP contribution in [0.15, 0.2) is 58.6 Å². The Hall–Kier alpha value is -3.88. The quantitative estimate of drug-likeness (QED) is 0.252. The second kappa shape index (κ2) is 12.0. The van der Waals surface area contributed by atoms with Crippen molar-refractivity contribution in [2.45, 2.75) is 55.3 Å². The minimum atomic E-state index is -4.32. The van der Waals surface area contributed by atoms with E-state index >= 15 is 4.39 Å². The number of alkyl halides is 1. The Morgan fingerprint density at radius 2 is 2.05 bits per heavy atom. The van der Waals surface area contributed by atoms with Crippen LogP contribution < -0.4 is 15.4 Å². The highest BCUT2D eigenvalue weighted by Crippen LogP contribution is 2.45. The molecule has 1 saturated carbocycles. The maximum Gasteiger partial charge on any atom is 0.407 e. The predicted molar refractivity (Wildman–Crippen MR) is 157 cm³/mol. The molecular formula is C28H30ClF2N7O4S. The third kappa shape index (κ3) is 6.86. The van der Waals surface area contributed by atoms with Crippen LogP contribution in [-0.4, -0.2) is 65.9 Å². The first kappa shape index (κ1) is 30.6. The van der Waals surface area contributed by atoms with Gasteiger partial charge in [0.15, 0.2) is 5.67 Å². The number of benzene rings is 1. The zero-order valence-corrected chi connectivity index (χ0v) is 25.1. The maximum absolute atomic E-state index is 16.8. The molecule has 2 aromatic heterocycles. The van der Waals surface area contributed by atoms with Crippen LogP contribution in [0.5, 0.6) is 0 Å². The van der Waals surface area contributed by atoms with Gasteiger partial charge in [0.05, 0.1) is 35.1 Å². The number of nitrogens with one attached hydrogen (secondary N) is 4. The lowest BCUT2D eigenvalue weighted by Crippen LogP contribution is -2.49. The summed E-state index contributed by atoms with van der Waals surface area (Å²) >= 11 is 6.42. The van der Waals surface area contributed by atoms with Gasteiger partial charge in [0.1, 0.15) is 11.6 Å². The van der Waals surface area contributed by atoms with Gasteiger partial charge in [0, 0.05) is 35.3 Å². The summed E-state index contributed by atoms with van der Waals surface area (Å²) in [6, 6.07) is 4.33. The topological polar surface area (TPSA) is 151 Å². The molecule has 5 rings (SSSR count). The molecule has 2 aliphatic carbocycles. The van der Waals surface area contributed by atoms with Crippen LogP contribution >= 0.6 is 11.6 Å². The molecule has 3 unspecified atom stereocenters. The van der Waals surface area contributed by atoms with Gasteiger partial charge in [-0.3, -0.25) is 0 Å². The van der Waals surface area contributed by atoms with E-state index in [1.165, 1.54) is 44.5 Å². The van der Waals surface area contributed by atoms with Crippen molar-refractivity contribution in [1.29, 1.82) is 0 Å². The molecule has 228 valence electrons. The Balaban J connectivity index is 1.47. The summed E-state index contributed by atoms with van der Waals surface area (Å²) in [5.41, 5.74) is -1.26. The van der Waals surface area contributed by atoms with Crippen LogP contribution in [0.4, 0.5) is 19.5 Å². The van der Waals surface area contributed by atoms with Crippen molar-refractivity contribution in [2.75, 3.05) is 19.0 Å². The Morgan fingerprint density at radius 3 is 2.74 bits per heavy atom. The van der Waals surface area contributed by atoms with Crippen molar-refractivity contribution in [3.63, 3.8) is 0 Å². The summed E-state index contributed by atoms with van der Waals surface area (Å²) in [4.78, 5) is 27.9. The highest BCUT2D eigenvalue weighted by Gasteiger charge is 2.45. The molecule has 15 heteroatoms. The average molecular weight is 634 g/mol. The molecule has 0 bridgehead atoms. The number of alkyl carbamates (subject to hydrolysis) is 1. The SMILES string of the molecule is COC(=O)NC(C)CNc1nccc(-c2[nH]c(C3CC3)nc2C2=CC(Cl)=CC(NS(=O)(=O)c3cccc(F)c3)C2(C)F)n1. The number of nitrogens with zero attached hydrogens (tertiary/aromatic N) is 3. The molecule has 1 amide bonds. The van der Waals surface area contributed by atoms with Crippen molar-refractivity contribution < 1.29 is 26.7 Å². The summed E-state index contributed by atoms with van der Waals surface area (Å²) < 4.78 is 63.7. The molecule has 4 N–H and O–H groups in total. The third-order valence-electron chi connectivity index (χ3n) is 7.08. The molecule has 0 aliphatic heterocycles. The molecule has 11 nitrogen and oxygen atoms in total. The summed E-state index contributed by atoms with van der Waals surface area (Å²) in [6.07, 6.45) is 5.44. The van der Waals surface area contributed by atoms with Crippen LogP contribution in [0, 0.1) is 5.82 Å². The number of hydrogen-bond acceptors (Lipinski definition) is 8. The number of carbonyl (C=O) groups is 1. The molecule has 0 radical (unpaired) electrons. The van der Waals surface area contributed by atoms with Gasteiger partial charge in [0.2, 0.25) is 16.0 Å². The van der Waals surface area contributed by atoms with Gasteiger partial charge in [-0.05, 0) is 63.1 Å². The number of sulfonamides is 1. The van der Waals surface area contributed by atoms with Crippen LogP contribution in [0.2, 0.25) is 0 Å². The number of ether oxygens (including phenoxy) is 1. The minimum Gasteiger partial charge on any atom is -0.453 e. The smallest absolute Gasteiger partial charge is 0.407 e. The fourth-order valence-electron chi connectivity index (χ4n) is 4.58. The van der Waals surface area contributed by atoms with E-state index in [9.17, 15) is 17.6 Å². The zero-order chi connectivity index (χ0) is 30.9. The molecule has 3 atom stereocenters. The standard InChI is InChI=1S/C28H30ClF2N7O4S/c1-15(34-27(39)42-3)14-33-26-32-10-9-21(35-26)24-23(36-25(37-24)16-7-8-16)20-11-17(29)12-22(28(20,2)31)38-43(40,41)19-6-4-5-18(30)13-19/h4-6,9-13,15-16,22,38H,7-8,14H2,1-3H3,(H,34,39)(H,36,37)(H,32,33,35). The van der Waals surface area contributed by atoms with Crippen LogP contribution in [-0.2, 0) is 14.8 Å². The van der Waals surface area contributed by atoms with Gasteiger partial charge in [-0.25, -0.2) is 41.7 Å². The lowest BCUT2D eigenvalue weighted by atomic mass is 9.83. The minimum absolute atomic E-state index is 0.0362. The number of anilines is 1. The highest BCUT2D eigenvalue weighted by atomic mass is 35.5. The Bertz CT molecular complexity index is 1710. The Labute approximate surface area is 252 Å². The fourth-order valence-corrected chi connectivity index (χ4v) is 6.11. The van der Waals surface area contributed by atoms with E-state index in [-0.39, 0.29) is 39.1 Å². The molecule has 1 fully saturated rings. The molecule has 0 saturated heterocycles. The van der Waals surface area contributed by atoms with Crippen molar-refractivity contribution >= 4 is 39.2 Å². The van der Waals surface area contributed by atoms with E-state index in [4.69, 9.17) is 16.6 Å². The number of rotatable bonds is 10. The van der Waals surface area contributed by atoms with Crippen molar-refractivity contribution in [1.82, 2.24) is 30.0 Å². The number of aromatic amines is 1. The number of halogens is 3. The number of imidazole rings is 1. The Kier molecular flexibility index (Phi) is 8.54. The van der Waals surface area contributed by atoms with E-state index in [0.29, 0.717) is 23.8 Å². The number of H-pyrrole nitrogens is 1. The third-order valence-corrected chi connectivity index (χ3v) is 8.75. The first-order valence-corrected chi connectivity index (χ1v) is 15.3. The summed E-state index contributed by atoms with van der Waals surface area (Å²) in [6.45, 7) is 3.30. The van der Waals surface area contributed by atoms with Gasteiger partial charge >= 0.3 is 6.09 Å². The number of methoxy groups -OCH3 is 1. The van der Waals surface area contributed by atoms with E-state index < -0.39 is 33.6 Å². The summed E-state index contributed by atoms with van der Waals surface area (Å²) in [7, 11) is -3.05. The molecule has 43 heavy (non-hydrogen) atoms. The van der Waals surface area contributed by atoms with Crippen molar-refractivity contribution in [2.24, 2.45) is 0 Å². The number of allylic oxidation sites excluding steroid dienone is 2. The summed E-state index contributed by atoms with van der Waals surface area (Å²) in [5.74, 6) is 0.322. The number of carbonyl (C=O) groups excluding carboxylic acids is 1. The first-order chi connectivity index (χ1) is 20.4. The van der Waals surface area contributed by atoms with Gasteiger partial charge < -0.3 is 20.4 Å². The monoisotopic (exact) mass is 633 g/mol. The Morgan fingerprint density at radius 1 is 1.28 bits per heavy atom. The predicted octanol–water partition coefficient (Wildman–Crippen LogP) is 4.63. The van der Waals surface area contributed by atoms with Gasteiger partial charge in [0.25, 0.3) is 0 Å². The van der Waals surface area contributed by atoms with Gasteiger partial charge in [-0.1, -0.05) is 17.7 Å². The molecule has 2 heterocycles. The van der Waals surface area contributed by atoms with Crippen LogP contribution in [0.3, 0.4) is 0 Å². The van der Waals surface area contributed by atoms with Crippen LogP contribution in [0.25, 0.3) is 17.0 Å². The summed E-state index contributed by atoms with van der Waals surface area (Å²) in [5, 5.41) is 5.78. The molecule has 3 aromatic rings. The van der Waals surface area contributed by atoms with Crippen molar-refractivity contribution in [3.8, 4) is 11.4 Å². The largest absolute Gasteiger partial charge is 0.453 e. The van der Waals surface area contributed by atoms with Gasteiger partial charge in [-0.2, -0.15) is 0 Å². The highest BCUT2D eigenvalue weighted by molar-refractivity contribution is 7.89. The maximum atomic E-state index is 16.8. The number of amides is 1. The lowest BCUT2D eigenvalue weighted by Gasteiger charge is -2.34. The lowest BCUT2D eigenvalue weighted by molar-refractivity contribution is 0.168. The number of aromatic nitrogens is 4. The second-order valence-electron chi connectivity index (χ2n) is 10.5. The van der Waals surface area contributed by atoms with E-state index in [1.54, 1.807) is 13.0 Å². The van der Waals surface area contributed by atoms with Crippen LogP contribution in [0.1, 0.15) is 44.1 Å². The normalized spacial score (nSPS) is 21.0. The molecule has 1 aromatic carbocycles. The van der Waals surface area contributed by atoms with E-state index in [2.05, 4.69) is 35.0 Å². The van der Waals surface area contributed by atoms with E-state index in [0.717, 1.165) is 25.0 Å². The molecular weight excluding hydrogens is 604 g/mol. The zero-order valence-electron chi connectivity index (χ0n) is 23.5. The second-order valence-corrected chi connectivity index (χ2v) is 12.7. The number of hydrogen-bond donors (Lipinski definition) is 4. The first-order valence-electron chi connectivity index (χ1n) is 13.5. The molecule has 0 spiro atoms. The fraction of sp³-hybridized carbons (Fsp3) is 0.357. The van der Waals surface area contributed by atoms with E-state index in [1.807, 2.05) is 0 Å². The molecule has 2 aliphatic rings. The van der Waals surface area contributed by atoms with Gasteiger partial charge in [-0.15, -0.1) is 0 Å². The average Bonchev–Trinajstić information content (AvgIpc) is 3.72. The van der Waals surface area contributed by atoms with Crippen molar-refractivity contribution in [3.05, 3.63) is 71.0 Å².